The summed E-state index contributed by atoms with van der Waals surface area (Å²) < 4.78 is 5.42. The molecule has 1 atom stereocenters. The molecule has 5 heteroatoms. The van der Waals surface area contributed by atoms with Crippen molar-refractivity contribution in [2.75, 3.05) is 13.2 Å². The smallest absolute Gasteiger partial charge is 0.263 e. The van der Waals surface area contributed by atoms with E-state index in [0.717, 1.165) is 25.0 Å². The monoisotopic (exact) mass is 285 g/mol. The molecule has 2 N–H and O–H groups in total. The van der Waals surface area contributed by atoms with E-state index in [1.807, 2.05) is 36.4 Å². The fraction of sp³-hybridized carbons (Fsp3) is 0.375. The van der Waals surface area contributed by atoms with E-state index in [1.165, 1.54) is 6.20 Å². The first kappa shape index (κ1) is 15.1. The molecule has 1 unspecified atom stereocenters. The number of ether oxygens (including phenoxy) is 1. The van der Waals surface area contributed by atoms with Gasteiger partial charge in [0.25, 0.3) is 5.91 Å². The van der Waals surface area contributed by atoms with Crippen LogP contribution in [0, 0.1) is 11.3 Å². The fourth-order valence-corrected chi connectivity index (χ4v) is 2.12. The van der Waals surface area contributed by atoms with E-state index >= 15 is 0 Å². The number of nitrogens with one attached hydrogen (secondary N) is 2. The second-order valence-corrected chi connectivity index (χ2v) is 4.88. The molecule has 21 heavy (non-hydrogen) atoms. The molecule has 0 aliphatic carbocycles. The van der Waals surface area contributed by atoms with E-state index in [1.54, 1.807) is 0 Å². The molecule has 1 fully saturated rings. The van der Waals surface area contributed by atoms with Gasteiger partial charge in [0.05, 0.1) is 6.10 Å². The molecule has 1 aliphatic rings. The molecule has 2 rings (SSSR count). The summed E-state index contributed by atoms with van der Waals surface area (Å²) in [5.41, 5.74) is 1.16. The van der Waals surface area contributed by atoms with E-state index in [0.29, 0.717) is 13.1 Å². The van der Waals surface area contributed by atoms with Crippen molar-refractivity contribution in [2.24, 2.45) is 0 Å². The standard InChI is InChI=1S/C16H19N3O2/c17-9-14(11-18-10-13-5-2-1-3-6-13)16(20)19-12-15-7-4-8-21-15/h1-3,5-6,11,15,18H,4,7-8,10,12H2,(H,19,20)/b14-11-. The summed E-state index contributed by atoms with van der Waals surface area (Å²) in [6.45, 7) is 1.78. The Morgan fingerprint density at radius 3 is 2.90 bits per heavy atom. The number of amides is 1. The lowest BCUT2D eigenvalue weighted by molar-refractivity contribution is -0.117. The average molecular weight is 285 g/mol. The van der Waals surface area contributed by atoms with Crippen LogP contribution in [-0.4, -0.2) is 25.2 Å². The van der Waals surface area contributed by atoms with Gasteiger partial charge >= 0.3 is 0 Å². The molecule has 5 nitrogen and oxygen atoms in total. The molecule has 0 aromatic heterocycles. The minimum absolute atomic E-state index is 0.0731. The fourth-order valence-electron chi connectivity index (χ4n) is 2.12. The predicted molar refractivity (Wildman–Crippen MR) is 79.0 cm³/mol. The third-order valence-corrected chi connectivity index (χ3v) is 3.27. The number of carbonyl (C=O) groups excluding carboxylic acids is 1. The number of nitrogens with zero attached hydrogens (tertiary/aromatic N) is 1. The lowest BCUT2D eigenvalue weighted by Gasteiger charge is -2.10. The van der Waals surface area contributed by atoms with Crippen molar-refractivity contribution in [1.29, 1.82) is 5.26 Å². The first-order chi connectivity index (χ1) is 10.3. The van der Waals surface area contributed by atoms with Crippen molar-refractivity contribution in [2.45, 2.75) is 25.5 Å². The third-order valence-electron chi connectivity index (χ3n) is 3.27. The lowest BCUT2D eigenvalue weighted by atomic mass is 10.2. The summed E-state index contributed by atoms with van der Waals surface area (Å²) in [4.78, 5) is 11.9. The predicted octanol–water partition coefficient (Wildman–Crippen LogP) is 1.48. The van der Waals surface area contributed by atoms with Crippen molar-refractivity contribution < 1.29 is 9.53 Å². The van der Waals surface area contributed by atoms with E-state index in [-0.39, 0.29) is 17.6 Å². The topological polar surface area (TPSA) is 74.2 Å². The Hall–Kier alpha value is -2.32. The molecule has 0 radical (unpaired) electrons. The highest BCUT2D eigenvalue weighted by Gasteiger charge is 2.17. The van der Waals surface area contributed by atoms with Gasteiger partial charge in [0.15, 0.2) is 0 Å². The maximum Gasteiger partial charge on any atom is 0.263 e. The van der Waals surface area contributed by atoms with Crippen LogP contribution in [0.15, 0.2) is 42.1 Å². The van der Waals surface area contributed by atoms with E-state index in [4.69, 9.17) is 10.00 Å². The molecule has 0 bridgehead atoms. The van der Waals surface area contributed by atoms with Crippen LogP contribution in [0.25, 0.3) is 0 Å². The van der Waals surface area contributed by atoms with Gasteiger partial charge in [-0.3, -0.25) is 4.79 Å². The van der Waals surface area contributed by atoms with Gasteiger partial charge in [-0.1, -0.05) is 30.3 Å². The Morgan fingerprint density at radius 1 is 1.43 bits per heavy atom. The quantitative estimate of drug-likeness (QED) is 0.613. The maximum absolute atomic E-state index is 11.9. The van der Waals surface area contributed by atoms with Crippen LogP contribution in [0.4, 0.5) is 0 Å². The second-order valence-electron chi connectivity index (χ2n) is 4.88. The normalized spacial score (nSPS) is 18.0. The van der Waals surface area contributed by atoms with Crippen LogP contribution in [-0.2, 0) is 16.1 Å². The van der Waals surface area contributed by atoms with Crippen LogP contribution >= 0.6 is 0 Å². The van der Waals surface area contributed by atoms with Gasteiger partial charge in [-0.2, -0.15) is 5.26 Å². The summed E-state index contributed by atoms with van der Waals surface area (Å²) in [6.07, 6.45) is 3.52. The molecule has 1 aromatic rings. The Morgan fingerprint density at radius 2 is 2.24 bits per heavy atom. The number of hydrogen-bond acceptors (Lipinski definition) is 4. The molecular weight excluding hydrogens is 266 g/mol. The van der Waals surface area contributed by atoms with Crippen LogP contribution in [0.3, 0.4) is 0 Å². The van der Waals surface area contributed by atoms with Gasteiger partial charge < -0.3 is 15.4 Å². The summed E-state index contributed by atoms with van der Waals surface area (Å²) >= 11 is 0. The van der Waals surface area contributed by atoms with Gasteiger partial charge in [-0.15, -0.1) is 0 Å². The molecule has 1 amide bonds. The molecule has 110 valence electrons. The van der Waals surface area contributed by atoms with Crippen molar-refractivity contribution in [3.63, 3.8) is 0 Å². The summed E-state index contributed by atoms with van der Waals surface area (Å²) in [6, 6.07) is 11.7. The highest BCUT2D eigenvalue weighted by atomic mass is 16.5. The second kappa shape index (κ2) is 8.08. The average Bonchev–Trinajstić information content (AvgIpc) is 3.04. The summed E-state index contributed by atoms with van der Waals surface area (Å²) in [5.74, 6) is -0.367. The van der Waals surface area contributed by atoms with Crippen LogP contribution in [0.5, 0.6) is 0 Å². The van der Waals surface area contributed by atoms with Crippen LogP contribution in [0.2, 0.25) is 0 Å². The molecule has 1 aliphatic heterocycles. The SMILES string of the molecule is N#C/C(=C/NCc1ccccc1)C(=O)NCC1CCCO1. The highest BCUT2D eigenvalue weighted by molar-refractivity contribution is 5.97. The molecule has 1 aromatic carbocycles. The molecule has 1 saturated heterocycles. The van der Waals surface area contributed by atoms with E-state index < -0.39 is 0 Å². The maximum atomic E-state index is 11.9. The highest BCUT2D eigenvalue weighted by Crippen LogP contribution is 2.10. The van der Waals surface area contributed by atoms with E-state index in [9.17, 15) is 4.79 Å². The number of hydrogen-bond donors (Lipinski definition) is 2. The van der Waals surface area contributed by atoms with Crippen molar-refractivity contribution in [1.82, 2.24) is 10.6 Å². The molecule has 0 saturated carbocycles. The van der Waals surface area contributed by atoms with Crippen LogP contribution < -0.4 is 10.6 Å². The number of rotatable bonds is 6. The van der Waals surface area contributed by atoms with Gasteiger partial charge in [0, 0.05) is 25.9 Å². The lowest BCUT2D eigenvalue weighted by Crippen LogP contribution is -2.32. The first-order valence-corrected chi connectivity index (χ1v) is 7.07. The van der Waals surface area contributed by atoms with Gasteiger partial charge in [-0.25, -0.2) is 0 Å². The Balaban J connectivity index is 1.79. The number of carbonyl (C=O) groups is 1. The van der Waals surface area contributed by atoms with Gasteiger partial charge in [-0.05, 0) is 18.4 Å². The molecular formula is C16H19N3O2. The Bertz CT molecular complexity index is 528. The van der Waals surface area contributed by atoms with Gasteiger partial charge in [0.2, 0.25) is 0 Å². The van der Waals surface area contributed by atoms with Crippen molar-refractivity contribution in [3.8, 4) is 6.07 Å². The van der Waals surface area contributed by atoms with Gasteiger partial charge in [0.1, 0.15) is 11.6 Å². The minimum Gasteiger partial charge on any atom is -0.386 e. The Labute approximate surface area is 124 Å². The Kier molecular flexibility index (Phi) is 5.80. The summed E-state index contributed by atoms with van der Waals surface area (Å²) in [7, 11) is 0. The largest absolute Gasteiger partial charge is 0.386 e. The van der Waals surface area contributed by atoms with Crippen LogP contribution in [0.1, 0.15) is 18.4 Å². The van der Waals surface area contributed by atoms with Crippen molar-refractivity contribution in [3.05, 3.63) is 47.7 Å². The molecule has 1 heterocycles. The zero-order chi connectivity index (χ0) is 14.9. The zero-order valence-corrected chi connectivity index (χ0v) is 11.8. The third kappa shape index (κ3) is 4.93. The molecule has 0 spiro atoms. The van der Waals surface area contributed by atoms with E-state index in [2.05, 4.69) is 10.6 Å². The first-order valence-electron chi connectivity index (χ1n) is 7.07. The number of nitriles is 1. The minimum atomic E-state index is -0.367. The summed E-state index contributed by atoms with van der Waals surface area (Å²) in [5, 5.41) is 14.7. The zero-order valence-electron chi connectivity index (χ0n) is 11.8. The van der Waals surface area contributed by atoms with Crippen molar-refractivity contribution >= 4 is 5.91 Å². The number of benzene rings is 1.